The van der Waals surface area contributed by atoms with Crippen LogP contribution in [0.3, 0.4) is 0 Å². The van der Waals surface area contributed by atoms with Gasteiger partial charge in [-0.05, 0) is 41.8 Å². The number of nitrogens with one attached hydrogen (secondary N) is 1. The molecule has 0 saturated carbocycles. The fourth-order valence-electron chi connectivity index (χ4n) is 2.39. The van der Waals surface area contributed by atoms with E-state index in [1.54, 1.807) is 12.1 Å². The number of carbonyl (C=O) groups is 2. The van der Waals surface area contributed by atoms with Gasteiger partial charge < -0.3 is 19.5 Å². The van der Waals surface area contributed by atoms with E-state index >= 15 is 0 Å². The van der Waals surface area contributed by atoms with Crippen molar-refractivity contribution >= 4 is 17.6 Å². The smallest absolute Gasteiger partial charge is 0.338 e. The Kier molecular flexibility index (Phi) is 4.88. The molecule has 0 atom stereocenters. The number of carbonyl (C=O) groups excluding carboxylic acids is 2. The van der Waals surface area contributed by atoms with E-state index in [0.29, 0.717) is 28.7 Å². The van der Waals surface area contributed by atoms with Crippen LogP contribution >= 0.6 is 0 Å². The molecule has 130 valence electrons. The summed E-state index contributed by atoms with van der Waals surface area (Å²) in [5, 5.41) is 2.70. The Morgan fingerprint density at radius 3 is 2.52 bits per heavy atom. The van der Waals surface area contributed by atoms with E-state index in [-0.39, 0.29) is 13.4 Å². The van der Waals surface area contributed by atoms with Crippen LogP contribution in [0.5, 0.6) is 11.5 Å². The van der Waals surface area contributed by atoms with Crippen LogP contribution in [-0.2, 0) is 9.53 Å². The van der Waals surface area contributed by atoms with Gasteiger partial charge in [0.15, 0.2) is 18.1 Å². The molecule has 6 nitrogen and oxygen atoms in total. The van der Waals surface area contributed by atoms with E-state index in [1.807, 2.05) is 24.3 Å². The molecule has 2 aromatic rings. The Bertz CT molecular complexity index is 783. The van der Waals surface area contributed by atoms with E-state index in [0.717, 1.165) is 0 Å². The van der Waals surface area contributed by atoms with Crippen LogP contribution in [0.4, 0.5) is 5.69 Å². The molecular weight excluding hydrogens is 322 g/mol. The molecule has 2 aromatic carbocycles. The summed E-state index contributed by atoms with van der Waals surface area (Å²) in [7, 11) is 0. The fraction of sp³-hybridized carbons (Fsp3) is 0.263. The van der Waals surface area contributed by atoms with Gasteiger partial charge in [0, 0.05) is 5.69 Å². The van der Waals surface area contributed by atoms with Gasteiger partial charge in [-0.1, -0.05) is 26.0 Å². The van der Waals surface area contributed by atoms with Gasteiger partial charge in [0.25, 0.3) is 5.91 Å². The molecule has 0 aliphatic carbocycles. The Hall–Kier alpha value is -3.02. The number of anilines is 1. The van der Waals surface area contributed by atoms with Crippen LogP contribution in [-0.4, -0.2) is 25.3 Å². The molecule has 0 spiro atoms. The molecule has 0 bridgehead atoms. The summed E-state index contributed by atoms with van der Waals surface area (Å²) < 4.78 is 15.4. The quantitative estimate of drug-likeness (QED) is 0.845. The summed E-state index contributed by atoms with van der Waals surface area (Å²) in [6.45, 7) is 3.97. The minimum Gasteiger partial charge on any atom is -0.454 e. The number of esters is 1. The summed E-state index contributed by atoms with van der Waals surface area (Å²) in [6.07, 6.45) is 0. The molecule has 0 unspecified atom stereocenters. The molecule has 0 fully saturated rings. The van der Waals surface area contributed by atoms with Crippen LogP contribution in [0.1, 0.15) is 35.7 Å². The molecule has 25 heavy (non-hydrogen) atoms. The molecule has 0 aromatic heterocycles. The summed E-state index contributed by atoms with van der Waals surface area (Å²) in [4.78, 5) is 23.9. The Balaban J connectivity index is 1.52. The summed E-state index contributed by atoms with van der Waals surface area (Å²) in [5.74, 6) is 0.505. The predicted molar refractivity (Wildman–Crippen MR) is 92.0 cm³/mol. The lowest BCUT2D eigenvalue weighted by atomic mass is 10.0. The minimum absolute atomic E-state index is 0.131. The third-order valence-corrected chi connectivity index (χ3v) is 3.80. The van der Waals surface area contributed by atoms with Gasteiger partial charge in [0.1, 0.15) is 0 Å². The van der Waals surface area contributed by atoms with E-state index in [2.05, 4.69) is 19.2 Å². The highest BCUT2D eigenvalue weighted by Gasteiger charge is 2.17. The molecule has 0 saturated heterocycles. The first-order chi connectivity index (χ1) is 12.0. The number of hydrogen-bond donors (Lipinski definition) is 1. The summed E-state index contributed by atoms with van der Waals surface area (Å²) in [5.41, 5.74) is 2.15. The number of hydrogen-bond acceptors (Lipinski definition) is 5. The van der Waals surface area contributed by atoms with Crippen LogP contribution in [0.2, 0.25) is 0 Å². The largest absolute Gasteiger partial charge is 0.454 e. The highest BCUT2D eigenvalue weighted by atomic mass is 16.7. The minimum atomic E-state index is -0.594. The molecular formula is C19H19NO5. The van der Waals surface area contributed by atoms with Crippen molar-refractivity contribution in [2.45, 2.75) is 19.8 Å². The van der Waals surface area contributed by atoms with Crippen molar-refractivity contribution < 1.29 is 23.8 Å². The number of fused-ring (bicyclic) bond motifs is 1. The lowest BCUT2D eigenvalue weighted by molar-refractivity contribution is -0.119. The second kappa shape index (κ2) is 7.25. The molecule has 1 aliphatic rings. The van der Waals surface area contributed by atoms with Crippen molar-refractivity contribution in [3.8, 4) is 11.5 Å². The van der Waals surface area contributed by atoms with Gasteiger partial charge in [-0.2, -0.15) is 0 Å². The molecule has 3 rings (SSSR count). The standard InChI is InChI=1S/C19H19NO5/c1-12(2)13-3-6-15(7-4-13)20-18(21)10-23-19(22)14-5-8-16-17(9-14)25-11-24-16/h3-9,12H,10-11H2,1-2H3,(H,20,21). The normalized spacial score (nSPS) is 12.1. The first-order valence-electron chi connectivity index (χ1n) is 7.99. The fourth-order valence-corrected chi connectivity index (χ4v) is 2.39. The van der Waals surface area contributed by atoms with Crippen LogP contribution in [0.15, 0.2) is 42.5 Å². The first kappa shape index (κ1) is 16.8. The zero-order valence-electron chi connectivity index (χ0n) is 14.1. The van der Waals surface area contributed by atoms with E-state index < -0.39 is 11.9 Å². The van der Waals surface area contributed by atoms with Crippen molar-refractivity contribution in [2.24, 2.45) is 0 Å². The molecule has 0 radical (unpaired) electrons. The lowest BCUT2D eigenvalue weighted by Crippen LogP contribution is -2.20. The second-order valence-corrected chi connectivity index (χ2v) is 5.97. The van der Waals surface area contributed by atoms with Crippen LogP contribution in [0.25, 0.3) is 0 Å². The highest BCUT2D eigenvalue weighted by Crippen LogP contribution is 2.32. The zero-order chi connectivity index (χ0) is 17.8. The molecule has 1 amide bonds. The monoisotopic (exact) mass is 341 g/mol. The lowest BCUT2D eigenvalue weighted by Gasteiger charge is -2.09. The Labute approximate surface area is 145 Å². The predicted octanol–water partition coefficient (Wildman–Crippen LogP) is 3.33. The van der Waals surface area contributed by atoms with Crippen molar-refractivity contribution in [3.05, 3.63) is 53.6 Å². The van der Waals surface area contributed by atoms with Crippen molar-refractivity contribution in [3.63, 3.8) is 0 Å². The van der Waals surface area contributed by atoms with Gasteiger partial charge in [-0.25, -0.2) is 4.79 Å². The van der Waals surface area contributed by atoms with E-state index in [9.17, 15) is 9.59 Å². The van der Waals surface area contributed by atoms with E-state index in [4.69, 9.17) is 14.2 Å². The maximum Gasteiger partial charge on any atom is 0.338 e. The number of ether oxygens (including phenoxy) is 3. The van der Waals surface area contributed by atoms with Crippen LogP contribution < -0.4 is 14.8 Å². The molecule has 1 aliphatic heterocycles. The van der Waals surface area contributed by atoms with Gasteiger partial charge in [-0.3, -0.25) is 4.79 Å². The van der Waals surface area contributed by atoms with Gasteiger partial charge in [0.2, 0.25) is 6.79 Å². The van der Waals surface area contributed by atoms with E-state index in [1.165, 1.54) is 11.6 Å². The first-order valence-corrected chi connectivity index (χ1v) is 7.99. The molecule has 1 N–H and O–H groups in total. The zero-order valence-corrected chi connectivity index (χ0v) is 14.1. The third-order valence-electron chi connectivity index (χ3n) is 3.80. The van der Waals surface area contributed by atoms with Crippen molar-refractivity contribution in [1.29, 1.82) is 0 Å². The average molecular weight is 341 g/mol. The van der Waals surface area contributed by atoms with Gasteiger partial charge in [0.05, 0.1) is 5.56 Å². The second-order valence-electron chi connectivity index (χ2n) is 5.97. The third kappa shape index (κ3) is 4.09. The van der Waals surface area contributed by atoms with Crippen molar-refractivity contribution in [1.82, 2.24) is 0 Å². The average Bonchev–Trinajstić information content (AvgIpc) is 3.07. The number of rotatable bonds is 5. The summed E-state index contributed by atoms with van der Waals surface area (Å²) >= 11 is 0. The number of amides is 1. The highest BCUT2D eigenvalue weighted by molar-refractivity contribution is 5.95. The maximum absolute atomic E-state index is 12.0. The SMILES string of the molecule is CC(C)c1ccc(NC(=O)COC(=O)c2ccc3c(c2)OCO3)cc1. The topological polar surface area (TPSA) is 73.9 Å². The van der Waals surface area contributed by atoms with Crippen molar-refractivity contribution in [2.75, 3.05) is 18.7 Å². The Morgan fingerprint density at radius 2 is 1.80 bits per heavy atom. The maximum atomic E-state index is 12.0. The van der Waals surface area contributed by atoms with Gasteiger partial charge in [-0.15, -0.1) is 0 Å². The van der Waals surface area contributed by atoms with Crippen LogP contribution in [0, 0.1) is 0 Å². The summed E-state index contributed by atoms with van der Waals surface area (Å²) in [6, 6.07) is 12.3. The Morgan fingerprint density at radius 1 is 1.08 bits per heavy atom. The molecule has 6 heteroatoms. The number of benzene rings is 2. The molecule has 1 heterocycles. The van der Waals surface area contributed by atoms with Gasteiger partial charge >= 0.3 is 5.97 Å².